The van der Waals surface area contributed by atoms with Crippen molar-refractivity contribution in [1.29, 1.82) is 0 Å². The number of benzene rings is 1. The fourth-order valence-corrected chi connectivity index (χ4v) is 2.82. The van der Waals surface area contributed by atoms with Gasteiger partial charge in [-0.15, -0.1) is 5.10 Å². The Kier molecular flexibility index (Phi) is 6.89. The Morgan fingerprint density at radius 2 is 1.89 bits per heavy atom. The van der Waals surface area contributed by atoms with Crippen LogP contribution in [0.15, 0.2) is 24.4 Å². The van der Waals surface area contributed by atoms with Gasteiger partial charge in [0.2, 0.25) is 0 Å². The number of hydrogen-bond acceptors (Lipinski definition) is 5. The zero-order valence-electron chi connectivity index (χ0n) is 16.0. The quantitative estimate of drug-likeness (QED) is 0.433. The van der Waals surface area contributed by atoms with Crippen LogP contribution in [-0.2, 0) is 11.3 Å². The third kappa shape index (κ3) is 5.52. The van der Waals surface area contributed by atoms with Gasteiger partial charge in [0.25, 0.3) is 5.91 Å². The highest BCUT2D eigenvalue weighted by atomic mass is 16.5. The third-order valence-corrected chi connectivity index (χ3v) is 4.08. The van der Waals surface area contributed by atoms with Crippen molar-refractivity contribution in [3.05, 3.63) is 41.2 Å². The highest BCUT2D eigenvalue weighted by Crippen LogP contribution is 2.17. The van der Waals surface area contributed by atoms with Gasteiger partial charge in [-0.25, -0.2) is 15.0 Å². The van der Waals surface area contributed by atoms with Gasteiger partial charge in [0, 0.05) is 0 Å². The molecule has 0 bridgehead atoms. The summed E-state index contributed by atoms with van der Waals surface area (Å²) in [5, 5.41) is 22.2. The van der Waals surface area contributed by atoms with E-state index in [0.717, 1.165) is 16.8 Å². The second-order valence-corrected chi connectivity index (χ2v) is 6.88. The topological polar surface area (TPSA) is 121 Å². The number of carbonyl (C=O) groups excluding carboxylic acids is 2. The van der Waals surface area contributed by atoms with Gasteiger partial charge in [0.05, 0.1) is 18.4 Å². The molecule has 0 spiro atoms. The van der Waals surface area contributed by atoms with E-state index in [9.17, 15) is 9.59 Å². The van der Waals surface area contributed by atoms with Crippen LogP contribution < -0.4 is 16.1 Å². The number of aromatic nitrogens is 3. The lowest BCUT2D eigenvalue weighted by Gasteiger charge is -2.18. The van der Waals surface area contributed by atoms with Crippen molar-refractivity contribution in [3.8, 4) is 5.69 Å². The maximum absolute atomic E-state index is 12.1. The fourth-order valence-electron chi connectivity index (χ4n) is 2.82. The molecular weight excluding hydrogens is 348 g/mol. The third-order valence-electron chi connectivity index (χ3n) is 4.08. The molecule has 0 fully saturated rings. The Labute approximate surface area is 158 Å². The van der Waals surface area contributed by atoms with E-state index in [4.69, 9.17) is 5.21 Å². The molecule has 0 aliphatic heterocycles. The lowest BCUT2D eigenvalue weighted by atomic mass is 10.0. The summed E-state index contributed by atoms with van der Waals surface area (Å²) in [7, 11) is 0. The predicted molar refractivity (Wildman–Crippen MR) is 99.4 cm³/mol. The van der Waals surface area contributed by atoms with Gasteiger partial charge in [-0.1, -0.05) is 37.3 Å². The van der Waals surface area contributed by atoms with Crippen LogP contribution >= 0.6 is 0 Å². The van der Waals surface area contributed by atoms with E-state index in [1.54, 1.807) is 16.4 Å². The number of hydrogen-bond donors (Lipinski definition) is 4. The SMILES string of the molecule is Cc1cccc(C)c1-n1cc(CNC(=O)N[C@@H](CC(C)C)C(=O)NO)nn1. The van der Waals surface area contributed by atoms with Crippen LogP contribution in [0.5, 0.6) is 0 Å². The lowest BCUT2D eigenvalue weighted by Crippen LogP contribution is -2.49. The molecule has 0 unspecified atom stereocenters. The summed E-state index contributed by atoms with van der Waals surface area (Å²) in [6, 6.07) is 4.63. The molecular formula is C18H26N6O3. The van der Waals surface area contributed by atoms with Crippen LogP contribution in [0.4, 0.5) is 4.79 Å². The standard InChI is InChI=1S/C18H26N6O3/c1-11(2)8-15(17(25)22-27)20-18(26)19-9-14-10-24(23-21-14)16-12(3)6-5-7-13(16)4/h5-7,10-11,15,27H,8-9H2,1-4H3,(H,22,25)(H2,19,20,26)/t15-/m0/s1. The van der Waals surface area contributed by atoms with Gasteiger partial charge in [-0.2, -0.15) is 0 Å². The van der Waals surface area contributed by atoms with E-state index >= 15 is 0 Å². The van der Waals surface area contributed by atoms with E-state index in [2.05, 4.69) is 20.9 Å². The largest absolute Gasteiger partial charge is 0.332 e. The normalized spacial score (nSPS) is 11.9. The fraction of sp³-hybridized carbons (Fsp3) is 0.444. The zero-order valence-corrected chi connectivity index (χ0v) is 16.0. The minimum Gasteiger partial charge on any atom is -0.332 e. The molecule has 3 amide bonds. The second kappa shape index (κ2) is 9.13. The van der Waals surface area contributed by atoms with Crippen molar-refractivity contribution in [2.45, 2.75) is 46.7 Å². The van der Waals surface area contributed by atoms with E-state index in [1.807, 2.05) is 45.9 Å². The van der Waals surface area contributed by atoms with Crippen molar-refractivity contribution < 1.29 is 14.8 Å². The zero-order chi connectivity index (χ0) is 20.0. The number of amides is 3. The molecule has 0 radical (unpaired) electrons. The average Bonchev–Trinajstić information content (AvgIpc) is 3.06. The van der Waals surface area contributed by atoms with Crippen molar-refractivity contribution in [2.75, 3.05) is 0 Å². The number of rotatable bonds is 7. The first kappa shape index (κ1) is 20.4. The Morgan fingerprint density at radius 3 is 2.48 bits per heavy atom. The highest BCUT2D eigenvalue weighted by molar-refractivity contribution is 5.86. The molecule has 1 heterocycles. The number of para-hydroxylation sites is 1. The number of nitrogens with zero attached hydrogens (tertiary/aromatic N) is 3. The maximum Gasteiger partial charge on any atom is 0.315 e. The van der Waals surface area contributed by atoms with Crippen LogP contribution in [-0.4, -0.2) is 38.2 Å². The summed E-state index contributed by atoms with van der Waals surface area (Å²) in [6.07, 6.45) is 2.16. The van der Waals surface area contributed by atoms with Crippen LogP contribution in [0.3, 0.4) is 0 Å². The molecule has 9 heteroatoms. The second-order valence-electron chi connectivity index (χ2n) is 6.88. The van der Waals surface area contributed by atoms with Gasteiger partial charge in [-0.3, -0.25) is 10.0 Å². The number of nitrogens with one attached hydrogen (secondary N) is 3. The van der Waals surface area contributed by atoms with E-state index in [0.29, 0.717) is 12.1 Å². The molecule has 1 atom stereocenters. The van der Waals surface area contributed by atoms with Gasteiger partial charge >= 0.3 is 6.03 Å². The first-order valence-corrected chi connectivity index (χ1v) is 8.78. The Balaban J connectivity index is 1.98. The summed E-state index contributed by atoms with van der Waals surface area (Å²) in [5.74, 6) is -0.482. The molecule has 2 aromatic rings. The molecule has 27 heavy (non-hydrogen) atoms. The van der Waals surface area contributed by atoms with Crippen LogP contribution in [0.1, 0.15) is 37.1 Å². The molecule has 0 aliphatic rings. The summed E-state index contributed by atoms with van der Waals surface area (Å²) in [6.45, 7) is 7.99. The van der Waals surface area contributed by atoms with Gasteiger partial charge < -0.3 is 10.6 Å². The van der Waals surface area contributed by atoms with Gasteiger partial charge in [0.1, 0.15) is 11.7 Å². The van der Waals surface area contributed by atoms with E-state index in [-0.39, 0.29) is 12.5 Å². The number of aryl methyl sites for hydroxylation is 2. The number of carbonyl (C=O) groups is 2. The molecule has 1 aromatic carbocycles. The lowest BCUT2D eigenvalue weighted by molar-refractivity contribution is -0.131. The number of urea groups is 1. The smallest absolute Gasteiger partial charge is 0.315 e. The summed E-state index contributed by atoms with van der Waals surface area (Å²) < 4.78 is 1.68. The highest BCUT2D eigenvalue weighted by Gasteiger charge is 2.21. The van der Waals surface area contributed by atoms with Gasteiger partial charge in [-0.05, 0) is 37.3 Å². The van der Waals surface area contributed by atoms with Crippen molar-refractivity contribution in [1.82, 2.24) is 31.1 Å². The first-order valence-electron chi connectivity index (χ1n) is 8.78. The molecule has 2 rings (SSSR count). The van der Waals surface area contributed by atoms with E-state index < -0.39 is 18.0 Å². The minimum absolute atomic E-state index is 0.159. The maximum atomic E-state index is 12.1. The Bertz CT molecular complexity index is 782. The van der Waals surface area contributed by atoms with E-state index in [1.165, 1.54) is 0 Å². The van der Waals surface area contributed by atoms with Crippen molar-refractivity contribution in [2.24, 2.45) is 5.92 Å². The summed E-state index contributed by atoms with van der Waals surface area (Å²) >= 11 is 0. The summed E-state index contributed by atoms with van der Waals surface area (Å²) in [5.41, 5.74) is 5.26. The summed E-state index contributed by atoms with van der Waals surface area (Å²) in [4.78, 5) is 23.7. The van der Waals surface area contributed by atoms with Crippen LogP contribution in [0.2, 0.25) is 0 Å². The monoisotopic (exact) mass is 374 g/mol. The van der Waals surface area contributed by atoms with Crippen LogP contribution in [0.25, 0.3) is 5.69 Å². The van der Waals surface area contributed by atoms with Crippen LogP contribution in [0, 0.1) is 19.8 Å². The molecule has 1 aromatic heterocycles. The molecule has 4 N–H and O–H groups in total. The van der Waals surface area contributed by atoms with Crippen molar-refractivity contribution in [3.63, 3.8) is 0 Å². The molecule has 9 nitrogen and oxygen atoms in total. The average molecular weight is 374 g/mol. The molecule has 0 saturated carbocycles. The number of hydroxylamine groups is 1. The predicted octanol–water partition coefficient (Wildman–Crippen LogP) is 1.60. The van der Waals surface area contributed by atoms with Gasteiger partial charge in [0.15, 0.2) is 0 Å². The minimum atomic E-state index is -0.819. The first-order chi connectivity index (χ1) is 12.8. The Hall–Kier alpha value is -2.94. The van der Waals surface area contributed by atoms with Crippen molar-refractivity contribution >= 4 is 11.9 Å². The molecule has 0 aliphatic carbocycles. The molecule has 146 valence electrons. The Morgan fingerprint density at radius 1 is 1.22 bits per heavy atom. The molecule has 0 saturated heterocycles.